The zero-order valence-corrected chi connectivity index (χ0v) is 11.1. The van der Waals surface area contributed by atoms with Gasteiger partial charge in [-0.1, -0.05) is 13.8 Å². The summed E-state index contributed by atoms with van der Waals surface area (Å²) in [5.41, 5.74) is 0.581. The molecule has 1 saturated carbocycles. The number of nitrogens with zero attached hydrogens (tertiary/aromatic N) is 1. The van der Waals surface area contributed by atoms with E-state index in [0.29, 0.717) is 5.56 Å². The maximum absolute atomic E-state index is 12.5. The zero-order chi connectivity index (χ0) is 13.1. The first kappa shape index (κ1) is 11.8. The summed E-state index contributed by atoms with van der Waals surface area (Å²) in [6, 6.07) is 1.79. The molecule has 18 heavy (non-hydrogen) atoms. The minimum absolute atomic E-state index is 0.0369. The van der Waals surface area contributed by atoms with Gasteiger partial charge in [0.15, 0.2) is 5.78 Å². The average molecular weight is 245 g/mol. The molecule has 0 radical (unpaired) electrons. The van der Waals surface area contributed by atoms with Crippen LogP contribution in [0.1, 0.15) is 49.5 Å². The maximum Gasteiger partial charge on any atom is 0.168 e. The third-order valence-electron chi connectivity index (χ3n) is 4.72. The molecule has 3 nitrogen and oxygen atoms in total. The second-order valence-corrected chi connectivity index (χ2v) is 6.72. The molecule has 1 aromatic rings. The molecule has 0 bridgehead atoms. The van der Waals surface area contributed by atoms with Gasteiger partial charge < -0.3 is 5.11 Å². The van der Waals surface area contributed by atoms with E-state index in [1.54, 1.807) is 18.5 Å². The number of aromatic nitrogens is 1. The standard InChI is InChI=1S/C15H19NO2/c1-14(2)6-9-12(7-14)15(3,18)11-4-5-16-8-10(11)13(9)17/h4-5,8-9,12,18H,6-7H2,1-3H3/t9-,12-,15-/m0/s1. The fourth-order valence-corrected chi connectivity index (χ4v) is 3.86. The van der Waals surface area contributed by atoms with E-state index in [9.17, 15) is 9.90 Å². The first-order chi connectivity index (χ1) is 8.33. The molecule has 1 fully saturated rings. The summed E-state index contributed by atoms with van der Waals surface area (Å²) in [7, 11) is 0. The predicted octanol–water partition coefficient (Wildman–Crippen LogP) is 2.54. The molecule has 1 heterocycles. The molecule has 1 N–H and O–H groups in total. The van der Waals surface area contributed by atoms with Gasteiger partial charge in [0.2, 0.25) is 0 Å². The van der Waals surface area contributed by atoms with Crippen molar-refractivity contribution in [3.63, 3.8) is 0 Å². The zero-order valence-electron chi connectivity index (χ0n) is 11.1. The van der Waals surface area contributed by atoms with Gasteiger partial charge in [-0.25, -0.2) is 0 Å². The van der Waals surface area contributed by atoms with E-state index in [-0.39, 0.29) is 23.0 Å². The summed E-state index contributed by atoms with van der Waals surface area (Å²) < 4.78 is 0. The fraction of sp³-hybridized carbons (Fsp3) is 0.600. The lowest BCUT2D eigenvalue weighted by Gasteiger charge is -2.39. The molecule has 0 amide bonds. The molecule has 0 saturated heterocycles. The van der Waals surface area contributed by atoms with Gasteiger partial charge in [0.25, 0.3) is 0 Å². The Morgan fingerprint density at radius 2 is 2.06 bits per heavy atom. The van der Waals surface area contributed by atoms with Crippen LogP contribution in [0, 0.1) is 17.3 Å². The molecule has 0 aromatic carbocycles. The highest BCUT2D eigenvalue weighted by molar-refractivity contribution is 6.01. The van der Waals surface area contributed by atoms with Gasteiger partial charge >= 0.3 is 0 Å². The van der Waals surface area contributed by atoms with Crippen molar-refractivity contribution in [1.82, 2.24) is 4.98 Å². The third kappa shape index (κ3) is 1.46. The molecule has 1 aromatic heterocycles. The summed E-state index contributed by atoms with van der Waals surface area (Å²) in [5.74, 6) is 0.154. The van der Waals surface area contributed by atoms with Crippen molar-refractivity contribution in [1.29, 1.82) is 0 Å². The van der Waals surface area contributed by atoms with Crippen LogP contribution < -0.4 is 0 Å². The summed E-state index contributed by atoms with van der Waals surface area (Å²) in [6.45, 7) is 6.20. The minimum atomic E-state index is -0.912. The van der Waals surface area contributed by atoms with Gasteiger partial charge in [-0.2, -0.15) is 0 Å². The minimum Gasteiger partial charge on any atom is -0.385 e. The normalized spacial score (nSPS) is 37.2. The van der Waals surface area contributed by atoms with Gasteiger partial charge in [0.05, 0.1) is 5.60 Å². The van der Waals surface area contributed by atoms with Gasteiger partial charge in [-0.05, 0) is 36.8 Å². The SMILES string of the molecule is CC1(C)C[C@@H]2C(=O)c3cnccc3[C@](C)(O)[C@H]2C1. The van der Waals surface area contributed by atoms with Crippen molar-refractivity contribution in [2.75, 3.05) is 0 Å². The molecule has 0 aliphatic heterocycles. The van der Waals surface area contributed by atoms with Gasteiger partial charge in [-0.3, -0.25) is 9.78 Å². The molecule has 3 rings (SSSR count). The Morgan fingerprint density at radius 1 is 1.33 bits per heavy atom. The topological polar surface area (TPSA) is 50.2 Å². The Hall–Kier alpha value is -1.22. The second-order valence-electron chi connectivity index (χ2n) is 6.72. The summed E-state index contributed by atoms with van der Waals surface area (Å²) in [6.07, 6.45) is 5.02. The number of Topliss-reactive ketones (excluding diaryl/α,β-unsaturated/α-hetero) is 1. The number of rotatable bonds is 0. The Kier molecular flexibility index (Phi) is 2.25. The monoisotopic (exact) mass is 245 g/mol. The molecular weight excluding hydrogens is 226 g/mol. The number of ketones is 1. The Balaban J connectivity index is 2.16. The maximum atomic E-state index is 12.5. The van der Waals surface area contributed by atoms with E-state index < -0.39 is 5.60 Å². The number of aliphatic hydroxyl groups is 1. The molecule has 0 unspecified atom stereocenters. The van der Waals surface area contributed by atoms with Gasteiger partial charge in [0.1, 0.15) is 0 Å². The van der Waals surface area contributed by atoms with E-state index in [1.165, 1.54) is 0 Å². The lowest BCUT2D eigenvalue weighted by molar-refractivity contribution is -0.0280. The number of pyridine rings is 1. The van der Waals surface area contributed by atoms with Crippen molar-refractivity contribution in [2.24, 2.45) is 17.3 Å². The quantitative estimate of drug-likeness (QED) is 0.764. The highest BCUT2D eigenvalue weighted by Crippen LogP contribution is 2.55. The molecule has 96 valence electrons. The van der Waals surface area contributed by atoms with E-state index in [0.717, 1.165) is 18.4 Å². The molecule has 2 aliphatic carbocycles. The molecule has 0 spiro atoms. The van der Waals surface area contributed by atoms with Crippen molar-refractivity contribution < 1.29 is 9.90 Å². The smallest absolute Gasteiger partial charge is 0.168 e. The van der Waals surface area contributed by atoms with Crippen LogP contribution in [0.25, 0.3) is 0 Å². The number of carbonyl (C=O) groups is 1. The van der Waals surface area contributed by atoms with Crippen molar-refractivity contribution in [3.8, 4) is 0 Å². The van der Waals surface area contributed by atoms with Crippen LogP contribution >= 0.6 is 0 Å². The lowest BCUT2D eigenvalue weighted by Crippen LogP contribution is -2.43. The Labute approximate surface area is 107 Å². The van der Waals surface area contributed by atoms with Gasteiger partial charge in [-0.15, -0.1) is 0 Å². The van der Waals surface area contributed by atoms with Crippen LogP contribution in [0.3, 0.4) is 0 Å². The van der Waals surface area contributed by atoms with E-state index in [1.807, 2.05) is 6.92 Å². The number of carbonyl (C=O) groups excluding carboxylic acids is 1. The molecule has 2 aliphatic rings. The lowest BCUT2D eigenvalue weighted by atomic mass is 9.68. The fourth-order valence-electron chi connectivity index (χ4n) is 3.86. The summed E-state index contributed by atoms with van der Waals surface area (Å²) >= 11 is 0. The average Bonchev–Trinajstić information content (AvgIpc) is 2.64. The molecule has 3 heteroatoms. The van der Waals surface area contributed by atoms with E-state index >= 15 is 0 Å². The van der Waals surface area contributed by atoms with Crippen LogP contribution in [0.2, 0.25) is 0 Å². The first-order valence-corrected chi connectivity index (χ1v) is 6.54. The highest BCUT2D eigenvalue weighted by atomic mass is 16.3. The van der Waals surface area contributed by atoms with Crippen LogP contribution in [0.15, 0.2) is 18.5 Å². The van der Waals surface area contributed by atoms with Crippen molar-refractivity contribution in [3.05, 3.63) is 29.6 Å². The number of hydrogen-bond donors (Lipinski definition) is 1. The Bertz CT molecular complexity index is 519. The van der Waals surface area contributed by atoms with Crippen molar-refractivity contribution in [2.45, 2.75) is 39.2 Å². The van der Waals surface area contributed by atoms with Crippen LogP contribution in [0.5, 0.6) is 0 Å². The predicted molar refractivity (Wildman–Crippen MR) is 68.1 cm³/mol. The highest BCUT2D eigenvalue weighted by Gasteiger charge is 2.55. The Morgan fingerprint density at radius 3 is 2.78 bits per heavy atom. The molecule has 3 atom stereocenters. The van der Waals surface area contributed by atoms with Crippen LogP contribution in [-0.4, -0.2) is 15.9 Å². The number of fused-ring (bicyclic) bond motifs is 2. The van der Waals surface area contributed by atoms with E-state index in [4.69, 9.17) is 0 Å². The van der Waals surface area contributed by atoms with Gasteiger partial charge in [0, 0.05) is 29.8 Å². The van der Waals surface area contributed by atoms with E-state index in [2.05, 4.69) is 18.8 Å². The first-order valence-electron chi connectivity index (χ1n) is 6.54. The second kappa shape index (κ2) is 3.41. The third-order valence-corrected chi connectivity index (χ3v) is 4.72. The molecular formula is C15H19NO2. The van der Waals surface area contributed by atoms with Crippen LogP contribution in [-0.2, 0) is 5.60 Å². The number of hydrogen-bond acceptors (Lipinski definition) is 3. The summed E-state index contributed by atoms with van der Waals surface area (Å²) in [4.78, 5) is 16.6. The van der Waals surface area contributed by atoms with Crippen LogP contribution in [0.4, 0.5) is 0 Å². The largest absolute Gasteiger partial charge is 0.385 e. The van der Waals surface area contributed by atoms with Crippen molar-refractivity contribution >= 4 is 5.78 Å². The summed E-state index contributed by atoms with van der Waals surface area (Å²) in [5, 5.41) is 10.9.